The predicted octanol–water partition coefficient (Wildman–Crippen LogP) is 4.14. The third kappa shape index (κ3) is 3.94. The van der Waals surface area contributed by atoms with Gasteiger partial charge in [0.2, 0.25) is 5.75 Å². The van der Waals surface area contributed by atoms with Crippen LogP contribution in [0.4, 0.5) is 5.69 Å². The number of aryl methyl sites for hydroxylation is 1. The monoisotopic (exact) mass is 392 g/mol. The zero-order chi connectivity index (χ0) is 20.2. The molecule has 0 unspecified atom stereocenters. The second-order valence-electron chi connectivity index (χ2n) is 6.98. The summed E-state index contributed by atoms with van der Waals surface area (Å²) in [7, 11) is 3.00. The lowest BCUT2D eigenvalue weighted by Gasteiger charge is -2.09. The molecule has 150 valence electrons. The molecule has 7 nitrogen and oxygen atoms in total. The number of methoxy groups -OCH3 is 2. The first-order valence-electron chi connectivity index (χ1n) is 9.71. The molecule has 0 aliphatic carbocycles. The summed E-state index contributed by atoms with van der Waals surface area (Å²) in [5, 5.41) is 18.8. The van der Waals surface area contributed by atoms with Crippen LogP contribution in [-0.4, -0.2) is 40.3 Å². The van der Waals surface area contributed by atoms with Gasteiger partial charge in [-0.3, -0.25) is 4.99 Å². The summed E-state index contributed by atoms with van der Waals surface area (Å²) in [5.74, 6) is 2.66. The number of hydrogen-bond donors (Lipinski definition) is 1. The molecule has 0 atom stereocenters. The van der Waals surface area contributed by atoms with Gasteiger partial charge < -0.3 is 19.1 Å². The molecule has 1 aliphatic rings. The van der Waals surface area contributed by atoms with E-state index < -0.39 is 0 Å². The lowest BCUT2D eigenvalue weighted by molar-refractivity contribution is 0.340. The number of benzene rings is 2. The van der Waals surface area contributed by atoms with Crippen molar-refractivity contribution in [1.29, 1.82) is 0 Å². The van der Waals surface area contributed by atoms with Crippen LogP contribution in [0.2, 0.25) is 0 Å². The van der Waals surface area contributed by atoms with E-state index in [9.17, 15) is 5.11 Å². The summed E-state index contributed by atoms with van der Waals surface area (Å²) in [6, 6.07) is 11.4. The third-order valence-electron chi connectivity index (χ3n) is 5.10. The van der Waals surface area contributed by atoms with Crippen LogP contribution in [0.25, 0.3) is 11.4 Å². The smallest absolute Gasteiger partial charge is 0.200 e. The van der Waals surface area contributed by atoms with Crippen molar-refractivity contribution in [2.75, 3.05) is 14.2 Å². The van der Waals surface area contributed by atoms with Crippen LogP contribution >= 0.6 is 0 Å². The van der Waals surface area contributed by atoms with Crippen molar-refractivity contribution in [2.24, 2.45) is 4.99 Å². The highest BCUT2D eigenvalue weighted by atomic mass is 16.5. The van der Waals surface area contributed by atoms with Gasteiger partial charge in [0.05, 0.1) is 19.9 Å². The minimum Gasteiger partial charge on any atom is -0.502 e. The number of aromatic nitrogens is 3. The molecule has 1 aliphatic heterocycles. The van der Waals surface area contributed by atoms with Crippen LogP contribution in [-0.2, 0) is 13.0 Å². The van der Waals surface area contributed by atoms with Crippen LogP contribution in [0, 0.1) is 0 Å². The number of phenolic OH excluding ortho intramolecular Hbond substituents is 1. The molecule has 0 amide bonds. The van der Waals surface area contributed by atoms with Gasteiger partial charge in [-0.2, -0.15) is 0 Å². The van der Waals surface area contributed by atoms with Crippen LogP contribution in [0.15, 0.2) is 41.4 Å². The highest BCUT2D eigenvalue weighted by molar-refractivity contribution is 5.84. The molecular formula is C22H24N4O3. The Kier molecular flexibility index (Phi) is 5.46. The van der Waals surface area contributed by atoms with Gasteiger partial charge in [0.15, 0.2) is 17.3 Å². The van der Waals surface area contributed by atoms with Gasteiger partial charge in [-0.25, -0.2) is 0 Å². The molecule has 0 radical (unpaired) electrons. The van der Waals surface area contributed by atoms with Gasteiger partial charge in [-0.05, 0) is 49.2 Å². The molecule has 29 heavy (non-hydrogen) atoms. The van der Waals surface area contributed by atoms with Gasteiger partial charge in [0.25, 0.3) is 0 Å². The van der Waals surface area contributed by atoms with Crippen LogP contribution in [0.5, 0.6) is 17.2 Å². The number of aromatic hydroxyl groups is 1. The summed E-state index contributed by atoms with van der Waals surface area (Å²) in [5.41, 5.74) is 2.62. The van der Waals surface area contributed by atoms with E-state index in [4.69, 9.17) is 9.47 Å². The second kappa shape index (κ2) is 8.34. The summed E-state index contributed by atoms with van der Waals surface area (Å²) >= 11 is 0. The largest absolute Gasteiger partial charge is 0.502 e. The Morgan fingerprint density at radius 1 is 1.00 bits per heavy atom. The Hall–Kier alpha value is -3.35. The number of phenols is 1. The molecule has 0 saturated carbocycles. The highest BCUT2D eigenvalue weighted by Gasteiger charge is 2.15. The van der Waals surface area contributed by atoms with Crippen molar-refractivity contribution >= 4 is 11.9 Å². The topological polar surface area (TPSA) is 81.8 Å². The SMILES string of the molecule is COc1cc(C=Nc2ccc(-c3nnc4n3CCCCC4)cc2)cc(OC)c1O. The van der Waals surface area contributed by atoms with Gasteiger partial charge in [0, 0.05) is 30.3 Å². The molecule has 2 aromatic carbocycles. The van der Waals surface area contributed by atoms with E-state index in [-0.39, 0.29) is 5.75 Å². The summed E-state index contributed by atoms with van der Waals surface area (Å²) in [6.45, 7) is 0.974. The molecule has 0 fully saturated rings. The van der Waals surface area contributed by atoms with Crippen LogP contribution in [0.3, 0.4) is 0 Å². The lowest BCUT2D eigenvalue weighted by Crippen LogP contribution is -2.02. The summed E-state index contributed by atoms with van der Waals surface area (Å²) < 4.78 is 12.6. The number of nitrogens with zero attached hydrogens (tertiary/aromatic N) is 4. The van der Waals surface area contributed by atoms with E-state index in [1.54, 1.807) is 18.3 Å². The summed E-state index contributed by atoms with van der Waals surface area (Å²) in [6.07, 6.45) is 6.29. The zero-order valence-electron chi connectivity index (χ0n) is 16.6. The van der Waals surface area contributed by atoms with Crippen LogP contribution < -0.4 is 9.47 Å². The molecule has 2 heterocycles. The van der Waals surface area contributed by atoms with Crippen molar-refractivity contribution in [1.82, 2.24) is 14.8 Å². The zero-order valence-corrected chi connectivity index (χ0v) is 16.6. The second-order valence-corrected chi connectivity index (χ2v) is 6.98. The fraction of sp³-hybridized carbons (Fsp3) is 0.318. The number of ether oxygens (including phenoxy) is 2. The van der Waals surface area contributed by atoms with E-state index in [1.165, 1.54) is 33.5 Å². The van der Waals surface area contributed by atoms with Crippen molar-refractivity contribution in [3.05, 3.63) is 47.8 Å². The Morgan fingerprint density at radius 3 is 2.41 bits per heavy atom. The van der Waals surface area contributed by atoms with E-state index in [1.807, 2.05) is 24.3 Å². The maximum Gasteiger partial charge on any atom is 0.200 e. The molecule has 1 aromatic heterocycles. The van der Waals surface area contributed by atoms with Gasteiger partial charge in [0.1, 0.15) is 5.82 Å². The molecule has 3 aromatic rings. The van der Waals surface area contributed by atoms with E-state index in [0.29, 0.717) is 11.5 Å². The van der Waals surface area contributed by atoms with E-state index in [2.05, 4.69) is 19.8 Å². The van der Waals surface area contributed by atoms with Gasteiger partial charge >= 0.3 is 0 Å². The standard InChI is InChI=1S/C22H24N4O3/c1-28-18-12-15(13-19(29-2)21(18)27)14-23-17-9-7-16(8-10-17)22-25-24-20-6-4-3-5-11-26(20)22/h7-10,12-14,27H,3-6,11H2,1-2H3. The molecule has 4 rings (SSSR count). The average molecular weight is 392 g/mol. The summed E-state index contributed by atoms with van der Waals surface area (Å²) in [4.78, 5) is 4.52. The number of hydrogen-bond acceptors (Lipinski definition) is 6. The number of rotatable bonds is 5. The van der Waals surface area contributed by atoms with Crippen molar-refractivity contribution in [3.8, 4) is 28.6 Å². The molecule has 0 saturated heterocycles. The first-order valence-corrected chi connectivity index (χ1v) is 9.71. The van der Waals surface area contributed by atoms with E-state index >= 15 is 0 Å². The van der Waals surface area contributed by atoms with Crippen molar-refractivity contribution in [2.45, 2.75) is 32.2 Å². The van der Waals surface area contributed by atoms with Gasteiger partial charge in [-0.1, -0.05) is 6.42 Å². The Balaban J connectivity index is 1.56. The minimum atomic E-state index is -0.0241. The average Bonchev–Trinajstić information content (AvgIpc) is 3.01. The van der Waals surface area contributed by atoms with E-state index in [0.717, 1.165) is 41.4 Å². The normalized spacial score (nSPS) is 13.9. The maximum absolute atomic E-state index is 10.0. The molecule has 7 heteroatoms. The molecule has 0 spiro atoms. The fourth-order valence-corrected chi connectivity index (χ4v) is 3.53. The molecule has 0 bridgehead atoms. The highest BCUT2D eigenvalue weighted by Crippen LogP contribution is 2.36. The quantitative estimate of drug-likeness (QED) is 0.660. The Morgan fingerprint density at radius 2 is 1.72 bits per heavy atom. The first-order chi connectivity index (χ1) is 14.2. The van der Waals surface area contributed by atoms with Gasteiger partial charge in [-0.15, -0.1) is 10.2 Å². The fourth-order valence-electron chi connectivity index (χ4n) is 3.53. The minimum absolute atomic E-state index is 0.0241. The maximum atomic E-state index is 10.0. The molecular weight excluding hydrogens is 368 g/mol. The number of fused-ring (bicyclic) bond motifs is 1. The van der Waals surface area contributed by atoms with Crippen LogP contribution in [0.1, 0.15) is 30.7 Å². The number of aliphatic imine (C=N–C) groups is 1. The Labute approximate surface area is 169 Å². The third-order valence-corrected chi connectivity index (χ3v) is 5.10. The van der Waals surface area contributed by atoms with Crippen molar-refractivity contribution in [3.63, 3.8) is 0 Å². The first kappa shape index (κ1) is 19.0. The van der Waals surface area contributed by atoms with Crippen molar-refractivity contribution < 1.29 is 14.6 Å². The Bertz CT molecular complexity index is 1000. The molecule has 1 N–H and O–H groups in total. The predicted molar refractivity (Wildman–Crippen MR) is 111 cm³/mol. The lowest BCUT2D eigenvalue weighted by atomic mass is 10.2.